The zero-order valence-corrected chi connectivity index (χ0v) is 11.1. The van der Waals surface area contributed by atoms with Crippen LogP contribution in [0.1, 0.15) is 20.8 Å². The van der Waals surface area contributed by atoms with Gasteiger partial charge in [-0.2, -0.15) is 0 Å². The molecular weight excluding hydrogens is 222 g/mol. The predicted molar refractivity (Wildman–Crippen MR) is 66.0 cm³/mol. The van der Waals surface area contributed by atoms with Crippen LogP contribution in [0.2, 0.25) is 0 Å². The molecular formula is C11H23N3O3. The van der Waals surface area contributed by atoms with Crippen LogP contribution >= 0.6 is 0 Å². The number of carbonyl (C=O) groups excluding carboxylic acids is 1. The van der Waals surface area contributed by atoms with Crippen LogP contribution in [0.15, 0.2) is 0 Å². The topological polar surface area (TPSA) is 72.9 Å². The second-order valence-corrected chi connectivity index (χ2v) is 4.21. The molecule has 0 aromatic heterocycles. The molecule has 100 valence electrons. The summed E-state index contributed by atoms with van der Waals surface area (Å²) >= 11 is 0. The molecule has 0 aromatic carbocycles. The zero-order chi connectivity index (χ0) is 13.4. The van der Waals surface area contributed by atoms with E-state index in [1.165, 1.54) is 4.90 Å². The Morgan fingerprint density at radius 1 is 1.35 bits per heavy atom. The van der Waals surface area contributed by atoms with Crippen LogP contribution in [-0.4, -0.2) is 66.2 Å². The average molecular weight is 245 g/mol. The van der Waals surface area contributed by atoms with Crippen molar-refractivity contribution in [1.82, 2.24) is 15.1 Å². The summed E-state index contributed by atoms with van der Waals surface area (Å²) < 4.78 is 0. The van der Waals surface area contributed by atoms with E-state index in [1.54, 1.807) is 6.92 Å². The standard InChI is InChI=1S/C11H23N3O3/c1-5-14(8-10(15)16)11(17)12-6-7-13(4)9(2)3/h9H,5-8H2,1-4H3,(H,12,17)(H,15,16). The number of rotatable bonds is 7. The third-order valence-corrected chi connectivity index (χ3v) is 2.62. The molecule has 0 radical (unpaired) electrons. The highest BCUT2D eigenvalue weighted by Crippen LogP contribution is 1.92. The summed E-state index contributed by atoms with van der Waals surface area (Å²) in [4.78, 5) is 25.5. The van der Waals surface area contributed by atoms with Crippen LogP contribution in [0.5, 0.6) is 0 Å². The van der Waals surface area contributed by atoms with E-state index >= 15 is 0 Å². The lowest BCUT2D eigenvalue weighted by atomic mass is 10.3. The van der Waals surface area contributed by atoms with Gasteiger partial charge in [0.25, 0.3) is 0 Å². The number of urea groups is 1. The smallest absolute Gasteiger partial charge is 0.323 e. The Morgan fingerprint density at radius 3 is 2.35 bits per heavy atom. The number of carboxylic acids is 1. The van der Waals surface area contributed by atoms with Gasteiger partial charge in [0, 0.05) is 25.7 Å². The van der Waals surface area contributed by atoms with Gasteiger partial charge in [0.2, 0.25) is 0 Å². The normalized spacial score (nSPS) is 10.7. The molecule has 0 atom stereocenters. The van der Waals surface area contributed by atoms with E-state index in [0.29, 0.717) is 19.1 Å². The van der Waals surface area contributed by atoms with Crippen molar-refractivity contribution in [3.05, 3.63) is 0 Å². The largest absolute Gasteiger partial charge is 0.480 e. The molecule has 0 aliphatic heterocycles. The number of aliphatic carboxylic acids is 1. The summed E-state index contributed by atoms with van der Waals surface area (Å²) in [7, 11) is 1.98. The van der Waals surface area contributed by atoms with Gasteiger partial charge in [-0.1, -0.05) is 0 Å². The number of amides is 2. The maximum atomic E-state index is 11.6. The van der Waals surface area contributed by atoms with Gasteiger partial charge in [0.1, 0.15) is 6.54 Å². The highest BCUT2D eigenvalue weighted by atomic mass is 16.4. The Labute approximate surface area is 103 Å². The van der Waals surface area contributed by atoms with Crippen LogP contribution in [0, 0.1) is 0 Å². The molecule has 0 bridgehead atoms. The zero-order valence-electron chi connectivity index (χ0n) is 11.1. The van der Waals surface area contributed by atoms with E-state index in [4.69, 9.17) is 5.11 Å². The van der Waals surface area contributed by atoms with E-state index in [-0.39, 0.29) is 12.6 Å². The summed E-state index contributed by atoms with van der Waals surface area (Å²) in [5, 5.41) is 11.3. The summed E-state index contributed by atoms with van der Waals surface area (Å²) in [5.74, 6) is -0.999. The molecule has 2 N–H and O–H groups in total. The van der Waals surface area contributed by atoms with Gasteiger partial charge in [-0.05, 0) is 27.8 Å². The van der Waals surface area contributed by atoms with Crippen molar-refractivity contribution in [2.45, 2.75) is 26.8 Å². The first kappa shape index (κ1) is 15.7. The minimum atomic E-state index is -0.999. The molecule has 6 heteroatoms. The van der Waals surface area contributed by atoms with Crippen LogP contribution in [0.25, 0.3) is 0 Å². The summed E-state index contributed by atoms with van der Waals surface area (Å²) in [6, 6.07) is 0.0975. The lowest BCUT2D eigenvalue weighted by Crippen LogP contribution is -2.45. The van der Waals surface area contributed by atoms with E-state index in [0.717, 1.165) is 6.54 Å². The summed E-state index contributed by atoms with van der Waals surface area (Å²) in [6.07, 6.45) is 0. The van der Waals surface area contributed by atoms with Crippen LogP contribution in [0.3, 0.4) is 0 Å². The van der Waals surface area contributed by atoms with Crippen LogP contribution < -0.4 is 5.32 Å². The third-order valence-electron chi connectivity index (χ3n) is 2.62. The Balaban J connectivity index is 3.95. The fourth-order valence-electron chi connectivity index (χ4n) is 1.20. The Hall–Kier alpha value is -1.30. The van der Waals surface area contributed by atoms with Gasteiger partial charge in [-0.15, -0.1) is 0 Å². The number of carbonyl (C=O) groups is 2. The number of hydrogen-bond acceptors (Lipinski definition) is 3. The van der Waals surface area contributed by atoms with E-state index < -0.39 is 5.97 Å². The van der Waals surface area contributed by atoms with Crippen molar-refractivity contribution in [2.75, 3.05) is 33.2 Å². The number of hydrogen-bond donors (Lipinski definition) is 2. The fourth-order valence-corrected chi connectivity index (χ4v) is 1.20. The Bertz CT molecular complexity index is 256. The number of nitrogens with zero attached hydrogens (tertiary/aromatic N) is 2. The highest BCUT2D eigenvalue weighted by Gasteiger charge is 2.14. The van der Waals surface area contributed by atoms with Gasteiger partial charge in [0.15, 0.2) is 0 Å². The molecule has 0 rings (SSSR count). The molecule has 0 aliphatic carbocycles. The average Bonchev–Trinajstić information content (AvgIpc) is 2.24. The summed E-state index contributed by atoms with van der Waals surface area (Å²) in [6.45, 7) is 7.29. The van der Waals surface area contributed by atoms with Gasteiger partial charge in [-0.25, -0.2) is 4.79 Å². The molecule has 6 nitrogen and oxygen atoms in total. The lowest BCUT2D eigenvalue weighted by molar-refractivity contribution is -0.137. The second-order valence-electron chi connectivity index (χ2n) is 4.21. The SMILES string of the molecule is CCN(CC(=O)O)C(=O)NCCN(C)C(C)C. The molecule has 0 unspecified atom stereocenters. The van der Waals surface area contributed by atoms with Crippen molar-refractivity contribution in [3.63, 3.8) is 0 Å². The monoisotopic (exact) mass is 245 g/mol. The van der Waals surface area contributed by atoms with Crippen LogP contribution in [0.4, 0.5) is 4.79 Å². The van der Waals surface area contributed by atoms with Crippen molar-refractivity contribution in [3.8, 4) is 0 Å². The first-order valence-electron chi connectivity index (χ1n) is 5.83. The minimum absolute atomic E-state index is 0.262. The number of carboxylic acid groups (broad SMARTS) is 1. The fraction of sp³-hybridized carbons (Fsp3) is 0.818. The minimum Gasteiger partial charge on any atom is -0.480 e. The van der Waals surface area contributed by atoms with E-state index in [1.807, 2.05) is 7.05 Å². The molecule has 0 aliphatic rings. The van der Waals surface area contributed by atoms with Gasteiger partial charge >= 0.3 is 12.0 Å². The van der Waals surface area contributed by atoms with Crippen molar-refractivity contribution in [1.29, 1.82) is 0 Å². The Morgan fingerprint density at radius 2 is 1.94 bits per heavy atom. The third kappa shape index (κ3) is 6.78. The predicted octanol–water partition coefficient (Wildman–Crippen LogP) is 0.443. The van der Waals surface area contributed by atoms with Crippen molar-refractivity contribution < 1.29 is 14.7 Å². The Kier molecular flexibility index (Phi) is 7.29. The molecule has 17 heavy (non-hydrogen) atoms. The molecule has 0 heterocycles. The summed E-state index contributed by atoms with van der Waals surface area (Å²) in [5.41, 5.74) is 0. The molecule has 0 spiro atoms. The molecule has 0 saturated carbocycles. The van der Waals surface area contributed by atoms with E-state index in [2.05, 4.69) is 24.1 Å². The molecule has 0 aromatic rings. The lowest BCUT2D eigenvalue weighted by Gasteiger charge is -2.23. The van der Waals surface area contributed by atoms with Gasteiger partial charge in [0.05, 0.1) is 0 Å². The number of likely N-dealkylation sites (N-methyl/N-ethyl adjacent to an activating group) is 2. The maximum Gasteiger partial charge on any atom is 0.323 e. The second kappa shape index (κ2) is 7.89. The van der Waals surface area contributed by atoms with Gasteiger partial charge in [-0.3, -0.25) is 4.79 Å². The quantitative estimate of drug-likeness (QED) is 0.683. The van der Waals surface area contributed by atoms with E-state index in [9.17, 15) is 9.59 Å². The number of nitrogens with one attached hydrogen (secondary N) is 1. The van der Waals surface area contributed by atoms with Gasteiger partial charge < -0.3 is 20.2 Å². The van der Waals surface area contributed by atoms with Crippen LogP contribution in [-0.2, 0) is 4.79 Å². The molecule has 2 amide bonds. The maximum absolute atomic E-state index is 11.6. The molecule has 0 saturated heterocycles. The van der Waals surface area contributed by atoms with Crippen molar-refractivity contribution >= 4 is 12.0 Å². The highest BCUT2D eigenvalue weighted by molar-refractivity contribution is 5.79. The first-order valence-corrected chi connectivity index (χ1v) is 5.83. The first-order chi connectivity index (χ1) is 7.88. The molecule has 0 fully saturated rings. The van der Waals surface area contributed by atoms with Crippen molar-refractivity contribution in [2.24, 2.45) is 0 Å².